The highest BCUT2D eigenvalue weighted by Gasteiger charge is 2.30. The third-order valence-corrected chi connectivity index (χ3v) is 1.49. The quantitative estimate of drug-likeness (QED) is 0.773. The molecule has 0 bridgehead atoms. The van der Waals surface area contributed by atoms with E-state index in [9.17, 15) is 13.2 Å². The molecule has 14 heavy (non-hydrogen) atoms. The molecule has 76 valence electrons. The molecule has 5 heteroatoms. The van der Waals surface area contributed by atoms with Gasteiger partial charge in [-0.15, -0.1) is 0 Å². The molecule has 0 aliphatic rings. The first-order valence-corrected chi connectivity index (χ1v) is 3.78. The van der Waals surface area contributed by atoms with Crippen molar-refractivity contribution in [2.24, 2.45) is 5.73 Å². The van der Waals surface area contributed by atoms with E-state index in [4.69, 9.17) is 5.73 Å². The highest BCUT2D eigenvalue weighted by molar-refractivity contribution is 5.49. The Morgan fingerprint density at radius 3 is 2.50 bits per heavy atom. The maximum Gasteiger partial charge on any atom is 0.416 e. The van der Waals surface area contributed by atoms with Crippen molar-refractivity contribution in [3.8, 4) is 0 Å². The van der Waals surface area contributed by atoms with Gasteiger partial charge >= 0.3 is 6.18 Å². The zero-order valence-corrected chi connectivity index (χ0v) is 7.23. The monoisotopic (exact) mass is 202 g/mol. The lowest BCUT2D eigenvalue weighted by molar-refractivity contribution is -0.137. The van der Waals surface area contributed by atoms with E-state index in [1.54, 1.807) is 0 Å². The molecular formula is C9H9F3N2. The summed E-state index contributed by atoms with van der Waals surface area (Å²) in [6.45, 7) is 3.33. The molecule has 0 saturated carbocycles. The second-order valence-electron chi connectivity index (χ2n) is 2.73. The molecule has 0 aliphatic carbocycles. The van der Waals surface area contributed by atoms with Gasteiger partial charge in [-0.05, 0) is 18.2 Å². The van der Waals surface area contributed by atoms with E-state index in [2.05, 4.69) is 11.9 Å². The lowest BCUT2D eigenvalue weighted by Gasteiger charge is -2.09. The Morgan fingerprint density at radius 1 is 1.36 bits per heavy atom. The van der Waals surface area contributed by atoms with Crippen molar-refractivity contribution >= 4 is 5.69 Å². The number of hydrogen-bond acceptors (Lipinski definition) is 2. The molecule has 0 atom stereocenters. The van der Waals surface area contributed by atoms with Crippen LogP contribution >= 0.6 is 0 Å². The van der Waals surface area contributed by atoms with Crippen molar-refractivity contribution in [1.29, 1.82) is 0 Å². The van der Waals surface area contributed by atoms with Gasteiger partial charge in [-0.25, -0.2) is 0 Å². The fraction of sp³-hybridized carbons (Fsp3) is 0.111. The third-order valence-electron chi connectivity index (χ3n) is 1.49. The molecule has 0 radical (unpaired) electrons. The summed E-state index contributed by atoms with van der Waals surface area (Å²) in [4.78, 5) is 0. The van der Waals surface area contributed by atoms with Crippen molar-refractivity contribution in [1.82, 2.24) is 0 Å². The minimum absolute atomic E-state index is 0.101. The van der Waals surface area contributed by atoms with E-state index in [1.807, 2.05) is 0 Å². The predicted octanol–water partition coefficient (Wildman–Crippen LogP) is 2.55. The predicted molar refractivity (Wildman–Crippen MR) is 48.4 cm³/mol. The number of anilines is 1. The van der Waals surface area contributed by atoms with Gasteiger partial charge in [0.05, 0.1) is 11.4 Å². The number of rotatable bonds is 2. The lowest BCUT2D eigenvalue weighted by Crippen LogP contribution is -2.09. The highest BCUT2D eigenvalue weighted by atomic mass is 19.4. The SMILES string of the molecule is C=C(N)Nc1cccc(C(F)(F)F)c1. The maximum atomic E-state index is 12.2. The first-order valence-electron chi connectivity index (χ1n) is 3.78. The van der Waals surface area contributed by atoms with Crippen molar-refractivity contribution in [3.05, 3.63) is 42.2 Å². The average Bonchev–Trinajstić information content (AvgIpc) is 2.01. The van der Waals surface area contributed by atoms with Gasteiger partial charge in [0.15, 0.2) is 0 Å². The third kappa shape index (κ3) is 2.69. The normalized spacial score (nSPS) is 11.1. The van der Waals surface area contributed by atoms with Gasteiger partial charge in [0, 0.05) is 5.69 Å². The molecule has 1 aromatic rings. The molecule has 0 amide bonds. The first kappa shape index (κ1) is 10.4. The van der Waals surface area contributed by atoms with Crippen molar-refractivity contribution in [2.75, 3.05) is 5.32 Å². The van der Waals surface area contributed by atoms with Gasteiger partial charge in [-0.1, -0.05) is 12.6 Å². The van der Waals surface area contributed by atoms with Gasteiger partial charge < -0.3 is 11.1 Å². The molecule has 1 rings (SSSR count). The molecule has 3 N–H and O–H groups in total. The summed E-state index contributed by atoms with van der Waals surface area (Å²) in [6.07, 6.45) is -4.34. The lowest BCUT2D eigenvalue weighted by atomic mass is 10.2. The number of benzene rings is 1. The highest BCUT2D eigenvalue weighted by Crippen LogP contribution is 2.30. The van der Waals surface area contributed by atoms with Crippen LogP contribution in [0.15, 0.2) is 36.7 Å². The number of hydrogen-bond donors (Lipinski definition) is 2. The summed E-state index contributed by atoms with van der Waals surface area (Å²) in [5.74, 6) is 0.101. The van der Waals surface area contributed by atoms with Gasteiger partial charge in [0.25, 0.3) is 0 Å². The Bertz CT molecular complexity index is 344. The summed E-state index contributed by atoms with van der Waals surface area (Å²) < 4.78 is 36.7. The van der Waals surface area contributed by atoms with E-state index < -0.39 is 11.7 Å². The fourth-order valence-corrected chi connectivity index (χ4v) is 0.959. The minimum atomic E-state index is -4.34. The standard InChI is InChI=1S/C9H9F3N2/c1-6(13)14-8-4-2-3-7(5-8)9(10,11)12/h2-5,14H,1,13H2. The summed E-state index contributed by atoms with van der Waals surface area (Å²) in [6, 6.07) is 4.74. The van der Waals surface area contributed by atoms with Crippen molar-refractivity contribution < 1.29 is 13.2 Å². The molecule has 0 fully saturated rings. The van der Waals surface area contributed by atoms with Gasteiger partial charge in [0.2, 0.25) is 0 Å². The Hall–Kier alpha value is -1.65. The van der Waals surface area contributed by atoms with Crippen LogP contribution in [0.4, 0.5) is 18.9 Å². The van der Waals surface area contributed by atoms with Crippen LogP contribution in [0.25, 0.3) is 0 Å². The van der Waals surface area contributed by atoms with Crippen LogP contribution in [0.5, 0.6) is 0 Å². The Kier molecular flexibility index (Phi) is 2.69. The van der Waals surface area contributed by atoms with Crippen LogP contribution in [-0.2, 0) is 6.18 Å². The van der Waals surface area contributed by atoms with Crippen LogP contribution < -0.4 is 11.1 Å². The number of alkyl halides is 3. The summed E-state index contributed by atoms with van der Waals surface area (Å²) in [5.41, 5.74) is 4.75. The van der Waals surface area contributed by atoms with E-state index in [0.717, 1.165) is 12.1 Å². The first-order chi connectivity index (χ1) is 6.39. The van der Waals surface area contributed by atoms with E-state index in [-0.39, 0.29) is 11.5 Å². The van der Waals surface area contributed by atoms with Crippen LogP contribution in [0, 0.1) is 0 Å². The molecule has 0 aliphatic heterocycles. The van der Waals surface area contributed by atoms with Crippen molar-refractivity contribution in [2.45, 2.75) is 6.18 Å². The minimum Gasteiger partial charge on any atom is -0.386 e. The van der Waals surface area contributed by atoms with Crippen molar-refractivity contribution in [3.63, 3.8) is 0 Å². The Morgan fingerprint density at radius 2 is 2.00 bits per heavy atom. The number of nitrogens with two attached hydrogens (primary N) is 1. The summed E-state index contributed by atoms with van der Waals surface area (Å²) >= 11 is 0. The van der Waals surface area contributed by atoms with E-state index >= 15 is 0 Å². The largest absolute Gasteiger partial charge is 0.416 e. The van der Waals surface area contributed by atoms with Gasteiger partial charge in [0.1, 0.15) is 0 Å². The van der Waals surface area contributed by atoms with Crippen LogP contribution in [0.1, 0.15) is 5.56 Å². The topological polar surface area (TPSA) is 38.0 Å². The molecule has 1 aromatic carbocycles. The van der Waals surface area contributed by atoms with Crippen LogP contribution in [0.3, 0.4) is 0 Å². The van der Waals surface area contributed by atoms with Crippen LogP contribution in [-0.4, -0.2) is 0 Å². The second-order valence-corrected chi connectivity index (χ2v) is 2.73. The fourth-order valence-electron chi connectivity index (χ4n) is 0.959. The molecule has 0 spiro atoms. The summed E-state index contributed by atoms with van der Waals surface area (Å²) in [7, 11) is 0. The second kappa shape index (κ2) is 3.61. The maximum absolute atomic E-state index is 12.2. The molecule has 0 unspecified atom stereocenters. The number of halogens is 3. The zero-order valence-electron chi connectivity index (χ0n) is 7.23. The molecule has 0 heterocycles. The summed E-state index contributed by atoms with van der Waals surface area (Å²) in [5, 5.41) is 2.50. The molecule has 0 saturated heterocycles. The number of nitrogens with one attached hydrogen (secondary N) is 1. The smallest absolute Gasteiger partial charge is 0.386 e. The Labute approximate surface area is 79.2 Å². The van der Waals surface area contributed by atoms with Crippen LogP contribution in [0.2, 0.25) is 0 Å². The zero-order chi connectivity index (χ0) is 10.8. The van der Waals surface area contributed by atoms with Gasteiger partial charge in [-0.3, -0.25) is 0 Å². The van der Waals surface area contributed by atoms with Gasteiger partial charge in [-0.2, -0.15) is 13.2 Å². The molecular weight excluding hydrogens is 193 g/mol. The van der Waals surface area contributed by atoms with E-state index in [1.165, 1.54) is 12.1 Å². The molecule has 0 aromatic heterocycles. The average molecular weight is 202 g/mol. The van der Waals surface area contributed by atoms with E-state index in [0.29, 0.717) is 0 Å². The molecule has 2 nitrogen and oxygen atoms in total. The Balaban J connectivity index is 2.95.